The highest BCUT2D eigenvalue weighted by Gasteiger charge is 2.28. The maximum absolute atomic E-state index is 12.5. The van der Waals surface area contributed by atoms with Crippen LogP contribution in [0, 0.1) is 6.92 Å². The molecule has 0 amide bonds. The van der Waals surface area contributed by atoms with E-state index in [-0.39, 0.29) is 12.3 Å². The molecule has 1 aromatic carbocycles. The molecular formula is C18H23F3N6O. The lowest BCUT2D eigenvalue weighted by Crippen LogP contribution is -2.37. The van der Waals surface area contributed by atoms with Crippen LogP contribution in [-0.2, 0) is 26.1 Å². The molecule has 152 valence electrons. The lowest BCUT2D eigenvalue weighted by Gasteiger charge is -2.16. The first-order valence-electron chi connectivity index (χ1n) is 9.00. The summed E-state index contributed by atoms with van der Waals surface area (Å²) in [7, 11) is 1.62. The van der Waals surface area contributed by atoms with Gasteiger partial charge in [-0.25, -0.2) is 0 Å². The zero-order chi connectivity index (χ0) is 20.1. The van der Waals surface area contributed by atoms with Crippen LogP contribution >= 0.6 is 0 Å². The van der Waals surface area contributed by atoms with E-state index in [1.807, 2.05) is 6.07 Å². The van der Waals surface area contributed by atoms with Gasteiger partial charge in [-0.05, 0) is 25.0 Å². The quantitative estimate of drug-likeness (QED) is 0.579. The molecular weight excluding hydrogens is 373 g/mol. The Kier molecular flexibility index (Phi) is 6.05. The second kappa shape index (κ2) is 8.49. The summed E-state index contributed by atoms with van der Waals surface area (Å²) >= 11 is 0. The van der Waals surface area contributed by atoms with Gasteiger partial charge in [0.05, 0.1) is 6.54 Å². The first kappa shape index (κ1) is 20.0. The second-order valence-electron chi connectivity index (χ2n) is 6.58. The molecule has 3 rings (SSSR count). The Morgan fingerprint density at radius 2 is 2.04 bits per heavy atom. The summed E-state index contributed by atoms with van der Waals surface area (Å²) in [5, 5.41) is 14.6. The van der Waals surface area contributed by atoms with Crippen molar-refractivity contribution in [1.29, 1.82) is 0 Å². The van der Waals surface area contributed by atoms with Gasteiger partial charge in [0.15, 0.2) is 18.4 Å². The first-order valence-corrected chi connectivity index (χ1v) is 9.00. The molecule has 10 heteroatoms. The molecule has 0 atom stereocenters. The summed E-state index contributed by atoms with van der Waals surface area (Å²) in [6.45, 7) is 2.11. The van der Waals surface area contributed by atoms with Crippen LogP contribution in [0.15, 0.2) is 23.2 Å². The Morgan fingerprint density at radius 1 is 1.25 bits per heavy atom. The zero-order valence-electron chi connectivity index (χ0n) is 15.8. The number of guanidine groups is 1. The van der Waals surface area contributed by atoms with Gasteiger partial charge in [0.2, 0.25) is 0 Å². The van der Waals surface area contributed by atoms with Crippen molar-refractivity contribution in [2.75, 3.05) is 13.7 Å². The molecule has 1 aliphatic rings. The van der Waals surface area contributed by atoms with E-state index in [0.29, 0.717) is 18.1 Å². The molecule has 2 heterocycles. The third kappa shape index (κ3) is 5.14. The molecule has 0 fully saturated rings. The van der Waals surface area contributed by atoms with Crippen LogP contribution in [0.3, 0.4) is 0 Å². The number of hydrogen-bond donors (Lipinski definition) is 2. The number of aromatic nitrogens is 3. The average molecular weight is 396 g/mol. The van der Waals surface area contributed by atoms with Crippen molar-refractivity contribution in [1.82, 2.24) is 25.4 Å². The van der Waals surface area contributed by atoms with Gasteiger partial charge in [0.1, 0.15) is 11.6 Å². The maximum Gasteiger partial charge on any atom is 0.422 e. The summed E-state index contributed by atoms with van der Waals surface area (Å²) in [6.07, 6.45) is -2.38. The van der Waals surface area contributed by atoms with E-state index < -0.39 is 12.8 Å². The number of halogens is 3. The van der Waals surface area contributed by atoms with E-state index in [0.717, 1.165) is 36.6 Å². The van der Waals surface area contributed by atoms with E-state index in [4.69, 9.17) is 4.74 Å². The highest BCUT2D eigenvalue weighted by Crippen LogP contribution is 2.23. The topological polar surface area (TPSA) is 76.4 Å². The molecule has 0 saturated carbocycles. The van der Waals surface area contributed by atoms with Gasteiger partial charge in [-0.3, -0.25) is 4.99 Å². The molecule has 0 saturated heterocycles. The van der Waals surface area contributed by atoms with E-state index in [1.54, 1.807) is 26.1 Å². The van der Waals surface area contributed by atoms with E-state index >= 15 is 0 Å². The number of fused-ring (bicyclic) bond motifs is 1. The molecule has 0 bridgehead atoms. The number of alkyl halides is 3. The van der Waals surface area contributed by atoms with Crippen LogP contribution in [0.4, 0.5) is 13.2 Å². The van der Waals surface area contributed by atoms with Gasteiger partial charge < -0.3 is 19.9 Å². The Morgan fingerprint density at radius 3 is 2.79 bits per heavy atom. The molecule has 0 spiro atoms. The molecule has 7 nitrogen and oxygen atoms in total. The largest absolute Gasteiger partial charge is 0.484 e. The van der Waals surface area contributed by atoms with Crippen LogP contribution in [0.1, 0.15) is 29.2 Å². The van der Waals surface area contributed by atoms with Gasteiger partial charge in [0, 0.05) is 32.1 Å². The van der Waals surface area contributed by atoms with Crippen molar-refractivity contribution in [3.05, 3.63) is 41.0 Å². The van der Waals surface area contributed by atoms with E-state index in [9.17, 15) is 13.2 Å². The van der Waals surface area contributed by atoms with Gasteiger partial charge in [-0.1, -0.05) is 12.1 Å². The lowest BCUT2D eigenvalue weighted by atomic mass is 10.1. The molecule has 2 N–H and O–H groups in total. The summed E-state index contributed by atoms with van der Waals surface area (Å²) in [4.78, 5) is 4.14. The maximum atomic E-state index is 12.5. The number of hydrogen-bond acceptors (Lipinski definition) is 4. The highest BCUT2D eigenvalue weighted by atomic mass is 19.4. The van der Waals surface area contributed by atoms with E-state index in [2.05, 4.69) is 30.4 Å². The van der Waals surface area contributed by atoms with Crippen molar-refractivity contribution in [2.24, 2.45) is 4.99 Å². The highest BCUT2D eigenvalue weighted by molar-refractivity contribution is 5.79. The molecule has 0 unspecified atom stereocenters. The lowest BCUT2D eigenvalue weighted by molar-refractivity contribution is -0.153. The molecule has 28 heavy (non-hydrogen) atoms. The first-order chi connectivity index (χ1) is 13.4. The Hall–Kier alpha value is -2.78. The number of nitrogens with zero attached hydrogens (tertiary/aromatic N) is 4. The number of rotatable bonds is 6. The fourth-order valence-corrected chi connectivity index (χ4v) is 3.01. The van der Waals surface area contributed by atoms with Crippen molar-refractivity contribution in [3.8, 4) is 5.75 Å². The summed E-state index contributed by atoms with van der Waals surface area (Å²) in [5.74, 6) is 2.54. The van der Waals surface area contributed by atoms with Crippen molar-refractivity contribution < 1.29 is 17.9 Å². The Bertz CT molecular complexity index is 846. The number of ether oxygens (including phenoxy) is 1. The summed E-state index contributed by atoms with van der Waals surface area (Å²) in [5.41, 5.74) is 1.44. The predicted octanol–water partition coefficient (Wildman–Crippen LogP) is 2.34. The fourth-order valence-electron chi connectivity index (χ4n) is 3.01. The summed E-state index contributed by atoms with van der Waals surface area (Å²) < 4.78 is 44.5. The predicted molar refractivity (Wildman–Crippen MR) is 98.1 cm³/mol. The average Bonchev–Trinajstić information content (AvgIpc) is 3.25. The minimum atomic E-state index is -4.38. The molecule has 2 aromatic rings. The van der Waals surface area contributed by atoms with Gasteiger partial charge >= 0.3 is 6.18 Å². The van der Waals surface area contributed by atoms with Crippen LogP contribution < -0.4 is 15.4 Å². The molecule has 1 aliphatic heterocycles. The Labute approximate surface area is 161 Å². The van der Waals surface area contributed by atoms with Crippen LogP contribution in [0.2, 0.25) is 0 Å². The minimum absolute atomic E-state index is 0.204. The van der Waals surface area contributed by atoms with Crippen LogP contribution in [-0.4, -0.2) is 40.6 Å². The molecule has 1 aromatic heterocycles. The molecule has 0 aliphatic carbocycles. The smallest absolute Gasteiger partial charge is 0.422 e. The standard InChI is InChI=1S/C18H23F3N6O/c1-12-5-6-13(14(8-12)28-11-18(19,20)21)9-23-17(22-2)24-10-16-26-25-15-4-3-7-27(15)16/h5-6,8H,3-4,7,9-11H2,1-2H3,(H2,22,23,24). The van der Waals surface area contributed by atoms with Crippen molar-refractivity contribution in [2.45, 2.75) is 45.6 Å². The van der Waals surface area contributed by atoms with Gasteiger partial charge in [-0.15, -0.1) is 10.2 Å². The van der Waals surface area contributed by atoms with Gasteiger partial charge in [-0.2, -0.15) is 13.2 Å². The fraction of sp³-hybridized carbons (Fsp3) is 0.500. The zero-order valence-corrected chi connectivity index (χ0v) is 15.8. The normalized spacial score (nSPS) is 14.1. The minimum Gasteiger partial charge on any atom is -0.484 e. The van der Waals surface area contributed by atoms with Gasteiger partial charge in [0.25, 0.3) is 0 Å². The number of aliphatic imine (C=N–C) groups is 1. The van der Waals surface area contributed by atoms with Crippen LogP contribution in [0.25, 0.3) is 0 Å². The number of benzene rings is 1. The molecule has 0 radical (unpaired) electrons. The summed E-state index contributed by atoms with van der Waals surface area (Å²) in [6, 6.07) is 5.16. The third-order valence-corrected chi connectivity index (χ3v) is 4.38. The van der Waals surface area contributed by atoms with E-state index in [1.165, 1.54) is 0 Å². The number of aryl methyl sites for hydroxylation is 2. The number of nitrogens with one attached hydrogen (secondary N) is 2. The van der Waals surface area contributed by atoms with Crippen molar-refractivity contribution in [3.63, 3.8) is 0 Å². The third-order valence-electron chi connectivity index (χ3n) is 4.38. The second-order valence-corrected chi connectivity index (χ2v) is 6.58. The Balaban J connectivity index is 1.58. The SMILES string of the molecule is CN=C(NCc1ccc(C)cc1OCC(F)(F)F)NCc1nnc2n1CCC2. The van der Waals surface area contributed by atoms with Crippen LogP contribution in [0.5, 0.6) is 5.75 Å². The van der Waals surface area contributed by atoms with Crippen molar-refractivity contribution >= 4 is 5.96 Å². The monoisotopic (exact) mass is 396 g/mol.